The molecule has 5 rings (SSSR count). The van der Waals surface area contributed by atoms with Gasteiger partial charge in [0.2, 0.25) is 5.78 Å². The second kappa shape index (κ2) is 8.11. The Morgan fingerprint density at radius 3 is 2.67 bits per heavy atom. The Labute approximate surface area is 188 Å². The van der Waals surface area contributed by atoms with Gasteiger partial charge >= 0.3 is 6.18 Å². The molecule has 10 heteroatoms. The number of nitrogen functional groups attached to an aromatic ring is 1. The highest BCUT2D eigenvalue weighted by molar-refractivity contribution is 5.93. The van der Waals surface area contributed by atoms with Crippen LogP contribution in [0.1, 0.15) is 24.1 Å². The number of nitrogens with one attached hydrogen (secondary N) is 1. The number of rotatable bonds is 4. The maximum atomic E-state index is 13.3. The number of fused-ring (bicyclic) bond motifs is 3. The number of alkyl halides is 3. The van der Waals surface area contributed by atoms with Crippen molar-refractivity contribution in [2.45, 2.75) is 19.1 Å². The molecule has 0 saturated carbocycles. The number of nitrogens with zero attached hydrogens (tertiary/aromatic N) is 4. The number of hydrogen-bond donors (Lipinski definition) is 2. The molecule has 2 aromatic carbocycles. The lowest BCUT2D eigenvalue weighted by Gasteiger charge is -2.29. The van der Waals surface area contributed by atoms with E-state index in [2.05, 4.69) is 20.2 Å². The lowest BCUT2D eigenvalue weighted by atomic mass is 10.0. The van der Waals surface area contributed by atoms with Crippen molar-refractivity contribution in [3.8, 4) is 0 Å². The maximum absolute atomic E-state index is 13.3. The molecule has 172 valence electrons. The Balaban J connectivity index is 1.57. The lowest BCUT2D eigenvalue weighted by Crippen LogP contribution is -2.36. The first kappa shape index (κ1) is 21.3. The van der Waals surface area contributed by atoms with Crippen LogP contribution >= 0.6 is 0 Å². The first-order chi connectivity index (χ1) is 15.8. The van der Waals surface area contributed by atoms with E-state index in [-0.39, 0.29) is 5.69 Å². The smallest absolute Gasteiger partial charge is 0.399 e. The number of imidazole rings is 1. The second-order valence-electron chi connectivity index (χ2n) is 8.11. The zero-order chi connectivity index (χ0) is 23.2. The van der Waals surface area contributed by atoms with Crippen LogP contribution in [0.4, 0.5) is 30.4 Å². The first-order valence-corrected chi connectivity index (χ1v) is 10.6. The van der Waals surface area contributed by atoms with Gasteiger partial charge in [0.15, 0.2) is 0 Å². The van der Waals surface area contributed by atoms with Gasteiger partial charge in [-0.15, -0.1) is 0 Å². The van der Waals surface area contributed by atoms with Crippen molar-refractivity contribution in [1.82, 2.24) is 14.4 Å². The first-order valence-electron chi connectivity index (χ1n) is 10.6. The normalized spacial score (nSPS) is 15.8. The minimum atomic E-state index is -4.48. The third-order valence-electron chi connectivity index (χ3n) is 5.86. The van der Waals surface area contributed by atoms with E-state index in [9.17, 15) is 13.2 Å². The number of anilines is 3. The van der Waals surface area contributed by atoms with E-state index in [0.29, 0.717) is 30.4 Å². The molecule has 7 nitrogen and oxygen atoms in total. The zero-order valence-electron chi connectivity index (χ0n) is 17.9. The van der Waals surface area contributed by atoms with Gasteiger partial charge in [-0.3, -0.25) is 4.40 Å². The Kier molecular flexibility index (Phi) is 5.24. The molecule has 0 aliphatic carbocycles. The lowest BCUT2D eigenvalue weighted by molar-refractivity contribution is -0.137. The second-order valence-corrected chi connectivity index (χ2v) is 8.11. The van der Waals surface area contributed by atoms with Gasteiger partial charge in [-0.1, -0.05) is 0 Å². The highest BCUT2D eigenvalue weighted by atomic mass is 19.4. The number of hydrogen-bond acceptors (Lipinski definition) is 6. The van der Waals surface area contributed by atoms with E-state index in [1.54, 1.807) is 19.2 Å². The molecular formula is C23H23F3N6O. The summed E-state index contributed by atoms with van der Waals surface area (Å²) in [6, 6.07) is 9.22. The minimum Gasteiger partial charge on any atom is -0.399 e. The molecule has 1 fully saturated rings. The van der Waals surface area contributed by atoms with Crippen LogP contribution in [-0.2, 0) is 10.9 Å². The molecule has 0 amide bonds. The summed E-state index contributed by atoms with van der Waals surface area (Å²) in [6.45, 7) is 4.68. The van der Waals surface area contributed by atoms with E-state index >= 15 is 0 Å². The zero-order valence-corrected chi connectivity index (χ0v) is 17.9. The van der Waals surface area contributed by atoms with E-state index in [1.807, 2.05) is 28.8 Å². The fraction of sp³-hybridized carbons (Fsp3) is 0.304. The number of ether oxygens (including phenoxy) is 1. The van der Waals surface area contributed by atoms with Gasteiger partial charge < -0.3 is 20.7 Å². The van der Waals surface area contributed by atoms with Crippen LogP contribution in [0.3, 0.4) is 0 Å². The van der Waals surface area contributed by atoms with Crippen LogP contribution in [0.25, 0.3) is 16.7 Å². The van der Waals surface area contributed by atoms with Gasteiger partial charge in [0, 0.05) is 42.2 Å². The van der Waals surface area contributed by atoms with Gasteiger partial charge in [0.05, 0.1) is 30.3 Å². The summed E-state index contributed by atoms with van der Waals surface area (Å²) >= 11 is 0. The van der Waals surface area contributed by atoms with Crippen molar-refractivity contribution in [3.05, 3.63) is 59.9 Å². The van der Waals surface area contributed by atoms with Crippen LogP contribution in [0.2, 0.25) is 0 Å². The molecule has 0 bridgehead atoms. The molecule has 33 heavy (non-hydrogen) atoms. The molecule has 1 saturated heterocycles. The Morgan fingerprint density at radius 1 is 1.12 bits per heavy atom. The topological polar surface area (TPSA) is 80.7 Å². The molecule has 1 atom stereocenters. The average molecular weight is 456 g/mol. The molecule has 3 heterocycles. The van der Waals surface area contributed by atoms with Crippen molar-refractivity contribution >= 4 is 33.9 Å². The summed E-state index contributed by atoms with van der Waals surface area (Å²) < 4.78 is 47.2. The number of aromatic nitrogens is 3. The number of halogens is 3. The fourth-order valence-electron chi connectivity index (χ4n) is 4.16. The van der Waals surface area contributed by atoms with Crippen LogP contribution in [0, 0.1) is 0 Å². The minimum absolute atomic E-state index is 0.0598. The predicted octanol–water partition coefficient (Wildman–Crippen LogP) is 4.49. The summed E-state index contributed by atoms with van der Waals surface area (Å²) in [5, 5.41) is 4.13. The highest BCUT2D eigenvalue weighted by Crippen LogP contribution is 2.34. The average Bonchev–Trinajstić information content (AvgIpc) is 3.27. The Bertz CT molecular complexity index is 1310. The molecule has 1 aliphatic rings. The molecule has 3 N–H and O–H groups in total. The summed E-state index contributed by atoms with van der Waals surface area (Å²) in [7, 11) is 0. The van der Waals surface area contributed by atoms with Crippen LogP contribution in [0.15, 0.2) is 48.8 Å². The van der Waals surface area contributed by atoms with Gasteiger partial charge in [0.25, 0.3) is 0 Å². The molecule has 2 aromatic heterocycles. The molecule has 0 unspecified atom stereocenters. The molecule has 0 radical (unpaired) electrons. The summed E-state index contributed by atoms with van der Waals surface area (Å²) in [5.41, 5.74) is 7.40. The summed E-state index contributed by atoms with van der Waals surface area (Å²) in [5.74, 6) is 1.04. The number of morpholine rings is 1. The van der Waals surface area contributed by atoms with Crippen LogP contribution in [-0.4, -0.2) is 40.7 Å². The largest absolute Gasteiger partial charge is 0.416 e. The van der Waals surface area contributed by atoms with Gasteiger partial charge in [-0.2, -0.15) is 18.2 Å². The molecular weight excluding hydrogens is 433 g/mol. The molecule has 0 spiro atoms. The van der Waals surface area contributed by atoms with Crippen LogP contribution < -0.4 is 16.0 Å². The summed E-state index contributed by atoms with van der Waals surface area (Å²) in [6.07, 6.45) is -0.977. The monoisotopic (exact) mass is 456 g/mol. The third kappa shape index (κ3) is 4.13. The fourth-order valence-corrected chi connectivity index (χ4v) is 4.16. The Hall–Kier alpha value is -3.53. The predicted molar refractivity (Wildman–Crippen MR) is 121 cm³/mol. The van der Waals surface area contributed by atoms with Crippen molar-refractivity contribution < 1.29 is 17.9 Å². The van der Waals surface area contributed by atoms with Crippen molar-refractivity contribution in [3.63, 3.8) is 0 Å². The van der Waals surface area contributed by atoms with Crippen molar-refractivity contribution in [2.75, 3.05) is 42.3 Å². The van der Waals surface area contributed by atoms with Gasteiger partial charge in [-0.05, 0) is 48.9 Å². The number of nitrogens with two attached hydrogens (primary N) is 1. The summed E-state index contributed by atoms with van der Waals surface area (Å²) in [4.78, 5) is 11.2. The van der Waals surface area contributed by atoms with Crippen molar-refractivity contribution in [1.29, 1.82) is 0 Å². The SMILES string of the molecule is C[C@@H](Nc1nc2nccn2c2ccc(N3CCOCC3)cc12)c1cc(N)cc(C(F)(F)F)c1. The standard InChI is InChI=1S/C23H23F3N6O/c1-14(15-10-16(23(24,25)26)12-17(27)11-15)29-21-19-13-18(31-6-8-33-9-7-31)2-3-20(19)32-5-4-28-22(32)30-21/h2-5,10-14H,6-9,27H2,1H3,(H,28,29,30)/t14-/m1/s1. The van der Waals surface area contributed by atoms with E-state index < -0.39 is 17.8 Å². The van der Waals surface area contributed by atoms with Crippen molar-refractivity contribution in [2.24, 2.45) is 0 Å². The Morgan fingerprint density at radius 2 is 1.91 bits per heavy atom. The van der Waals surface area contributed by atoms with Gasteiger partial charge in [0.1, 0.15) is 5.82 Å². The van der Waals surface area contributed by atoms with Gasteiger partial charge in [-0.25, -0.2) is 4.98 Å². The van der Waals surface area contributed by atoms with Crippen LogP contribution in [0.5, 0.6) is 0 Å². The third-order valence-corrected chi connectivity index (χ3v) is 5.86. The molecule has 1 aliphatic heterocycles. The maximum Gasteiger partial charge on any atom is 0.416 e. The van der Waals surface area contributed by atoms with E-state index in [0.717, 1.165) is 41.8 Å². The van der Waals surface area contributed by atoms with E-state index in [4.69, 9.17) is 10.5 Å². The number of benzene rings is 2. The quantitative estimate of drug-likeness (QED) is 0.441. The highest BCUT2D eigenvalue weighted by Gasteiger charge is 2.31. The van der Waals surface area contributed by atoms with E-state index in [1.165, 1.54) is 0 Å². The molecule has 4 aromatic rings.